The summed E-state index contributed by atoms with van der Waals surface area (Å²) in [5.74, 6) is 0.667. The van der Waals surface area contributed by atoms with Crippen LogP contribution in [0.4, 0.5) is 5.69 Å². The Hall–Kier alpha value is -2.54. The van der Waals surface area contributed by atoms with Gasteiger partial charge in [-0.25, -0.2) is 8.42 Å². The van der Waals surface area contributed by atoms with E-state index in [1.54, 1.807) is 24.3 Å². The second-order valence-electron chi connectivity index (χ2n) is 7.58. The van der Waals surface area contributed by atoms with Crippen molar-refractivity contribution in [3.05, 3.63) is 59.2 Å². The highest BCUT2D eigenvalue weighted by molar-refractivity contribution is 7.92. The van der Waals surface area contributed by atoms with E-state index in [-0.39, 0.29) is 17.7 Å². The number of carbonyl (C=O) groups is 1. The molecule has 2 aromatic carbocycles. The Bertz CT molecular complexity index is 988. The number of carbonyl (C=O) groups excluding carboxylic acids is 1. The molecule has 156 valence electrons. The largest absolute Gasteiger partial charge is 0.491 e. The van der Waals surface area contributed by atoms with Crippen molar-refractivity contribution in [3.63, 3.8) is 0 Å². The predicted octanol–water partition coefficient (Wildman–Crippen LogP) is 3.43. The van der Waals surface area contributed by atoms with Gasteiger partial charge in [0.15, 0.2) is 0 Å². The normalized spacial score (nSPS) is 16.9. The van der Waals surface area contributed by atoms with Gasteiger partial charge in [0.1, 0.15) is 12.4 Å². The first-order valence-corrected chi connectivity index (χ1v) is 11.5. The van der Waals surface area contributed by atoms with Gasteiger partial charge in [0, 0.05) is 12.1 Å². The molecule has 29 heavy (non-hydrogen) atoms. The highest BCUT2D eigenvalue weighted by Crippen LogP contribution is 2.24. The Labute approximate surface area is 172 Å². The first-order chi connectivity index (χ1) is 13.8. The average molecular weight is 417 g/mol. The zero-order valence-corrected chi connectivity index (χ0v) is 18.0. The minimum Gasteiger partial charge on any atom is -0.491 e. The van der Waals surface area contributed by atoms with Crippen LogP contribution in [-0.2, 0) is 10.0 Å². The minimum atomic E-state index is -3.31. The Balaban J connectivity index is 1.62. The summed E-state index contributed by atoms with van der Waals surface area (Å²) in [5.41, 5.74) is 3.33. The van der Waals surface area contributed by atoms with Crippen LogP contribution in [0.2, 0.25) is 0 Å². The fourth-order valence-electron chi connectivity index (χ4n) is 3.25. The van der Waals surface area contributed by atoms with Crippen molar-refractivity contribution >= 4 is 21.6 Å². The van der Waals surface area contributed by atoms with Crippen LogP contribution in [0.5, 0.6) is 5.75 Å². The Morgan fingerprint density at radius 1 is 1.14 bits per heavy atom. The molecule has 0 radical (unpaired) electrons. The van der Waals surface area contributed by atoms with E-state index in [4.69, 9.17) is 4.74 Å². The van der Waals surface area contributed by atoms with Gasteiger partial charge in [0.2, 0.25) is 10.0 Å². The molecule has 1 aliphatic heterocycles. The molecule has 1 atom stereocenters. The molecule has 0 aliphatic carbocycles. The van der Waals surface area contributed by atoms with E-state index in [1.807, 2.05) is 39.0 Å². The van der Waals surface area contributed by atoms with Gasteiger partial charge in [-0.2, -0.15) is 0 Å². The summed E-state index contributed by atoms with van der Waals surface area (Å²) in [7, 11) is -3.31. The standard InChI is InChI=1S/C22H28N2O4S/c1-16-9-10-21(13-17(16)2)28-15-18(3)23-22(25)19-7-6-8-20(14-19)24-11-4-5-12-29(24,26)27/h6-10,13-14,18H,4-5,11-12,15H2,1-3H3,(H,23,25). The molecule has 3 rings (SSSR count). The van der Waals surface area contributed by atoms with Gasteiger partial charge in [0.05, 0.1) is 17.5 Å². The topological polar surface area (TPSA) is 75.7 Å². The fraction of sp³-hybridized carbons (Fsp3) is 0.409. The van der Waals surface area contributed by atoms with Gasteiger partial charge in [-0.15, -0.1) is 0 Å². The predicted molar refractivity (Wildman–Crippen MR) is 115 cm³/mol. The molecule has 1 amide bonds. The SMILES string of the molecule is Cc1ccc(OCC(C)NC(=O)c2cccc(N3CCCCS3(=O)=O)c2)cc1C. The molecule has 0 spiro atoms. The molecule has 1 aliphatic rings. The van der Waals surface area contributed by atoms with Gasteiger partial charge in [0.25, 0.3) is 5.91 Å². The zero-order chi connectivity index (χ0) is 21.0. The summed E-state index contributed by atoms with van der Waals surface area (Å²) in [4.78, 5) is 12.6. The van der Waals surface area contributed by atoms with Crippen molar-refractivity contribution in [3.8, 4) is 5.75 Å². The molecule has 0 bridgehead atoms. The van der Waals surface area contributed by atoms with Gasteiger partial charge in [-0.05, 0) is 75.1 Å². The molecule has 1 N–H and O–H groups in total. The second-order valence-corrected chi connectivity index (χ2v) is 9.59. The number of ether oxygens (including phenoxy) is 1. The van der Waals surface area contributed by atoms with Crippen molar-refractivity contribution in [2.45, 2.75) is 39.7 Å². The van der Waals surface area contributed by atoms with E-state index in [0.717, 1.165) is 17.7 Å². The number of rotatable bonds is 6. The summed E-state index contributed by atoms with van der Waals surface area (Å²) < 4.78 is 31.8. The summed E-state index contributed by atoms with van der Waals surface area (Å²) in [6, 6.07) is 12.5. The lowest BCUT2D eigenvalue weighted by Gasteiger charge is -2.28. The van der Waals surface area contributed by atoms with Crippen LogP contribution in [0.25, 0.3) is 0 Å². The lowest BCUT2D eigenvalue weighted by molar-refractivity contribution is 0.0926. The monoisotopic (exact) mass is 416 g/mol. The molecule has 1 heterocycles. The lowest BCUT2D eigenvalue weighted by atomic mass is 10.1. The van der Waals surface area contributed by atoms with Crippen LogP contribution < -0.4 is 14.4 Å². The van der Waals surface area contributed by atoms with Crippen LogP contribution in [0.1, 0.15) is 41.3 Å². The minimum absolute atomic E-state index is 0.149. The van der Waals surface area contributed by atoms with E-state index >= 15 is 0 Å². The van der Waals surface area contributed by atoms with Gasteiger partial charge in [-0.3, -0.25) is 9.10 Å². The lowest BCUT2D eigenvalue weighted by Crippen LogP contribution is -2.38. The number of aryl methyl sites for hydroxylation is 2. The second kappa shape index (κ2) is 8.86. The molecule has 6 nitrogen and oxygen atoms in total. The average Bonchev–Trinajstić information content (AvgIpc) is 2.68. The van der Waals surface area contributed by atoms with E-state index in [1.165, 1.54) is 9.87 Å². The number of anilines is 1. The molecular weight excluding hydrogens is 388 g/mol. The van der Waals surface area contributed by atoms with Crippen LogP contribution in [-0.4, -0.2) is 39.3 Å². The number of sulfonamides is 1. The van der Waals surface area contributed by atoms with Crippen molar-refractivity contribution < 1.29 is 17.9 Å². The van der Waals surface area contributed by atoms with Crippen LogP contribution in [0, 0.1) is 13.8 Å². The molecule has 1 fully saturated rings. The number of nitrogens with one attached hydrogen (secondary N) is 1. The first kappa shape index (κ1) is 21.2. The number of nitrogens with zero attached hydrogens (tertiary/aromatic N) is 1. The third-order valence-corrected chi connectivity index (χ3v) is 6.97. The van der Waals surface area contributed by atoms with E-state index in [9.17, 15) is 13.2 Å². The summed E-state index contributed by atoms with van der Waals surface area (Å²) >= 11 is 0. The number of amides is 1. The van der Waals surface area contributed by atoms with Crippen LogP contribution >= 0.6 is 0 Å². The van der Waals surface area contributed by atoms with Crippen molar-refractivity contribution in [1.29, 1.82) is 0 Å². The van der Waals surface area contributed by atoms with Gasteiger partial charge < -0.3 is 10.1 Å². The molecule has 1 saturated heterocycles. The van der Waals surface area contributed by atoms with E-state index in [2.05, 4.69) is 5.32 Å². The first-order valence-electron chi connectivity index (χ1n) is 9.88. The summed E-state index contributed by atoms with van der Waals surface area (Å²) in [6.07, 6.45) is 1.50. The molecule has 0 saturated carbocycles. The maximum absolute atomic E-state index is 12.6. The molecule has 1 unspecified atom stereocenters. The van der Waals surface area contributed by atoms with Crippen LogP contribution in [0.15, 0.2) is 42.5 Å². The summed E-state index contributed by atoms with van der Waals surface area (Å²) in [6.45, 7) is 6.74. The molecular formula is C22H28N2O4S. The number of benzene rings is 2. The van der Waals surface area contributed by atoms with Gasteiger partial charge >= 0.3 is 0 Å². The number of hydrogen-bond acceptors (Lipinski definition) is 4. The van der Waals surface area contributed by atoms with E-state index < -0.39 is 10.0 Å². The van der Waals surface area contributed by atoms with Crippen molar-refractivity contribution in [2.24, 2.45) is 0 Å². The van der Waals surface area contributed by atoms with E-state index in [0.29, 0.717) is 30.8 Å². The Morgan fingerprint density at radius 3 is 2.66 bits per heavy atom. The highest BCUT2D eigenvalue weighted by Gasteiger charge is 2.26. The Kier molecular flexibility index (Phi) is 6.47. The third kappa shape index (κ3) is 5.29. The van der Waals surface area contributed by atoms with Crippen LogP contribution in [0.3, 0.4) is 0 Å². The Morgan fingerprint density at radius 2 is 1.93 bits per heavy atom. The quantitative estimate of drug-likeness (QED) is 0.783. The fourth-order valence-corrected chi connectivity index (χ4v) is 4.89. The maximum atomic E-state index is 12.6. The molecule has 2 aromatic rings. The zero-order valence-electron chi connectivity index (χ0n) is 17.1. The summed E-state index contributed by atoms with van der Waals surface area (Å²) in [5, 5.41) is 2.91. The molecule has 7 heteroatoms. The smallest absolute Gasteiger partial charge is 0.251 e. The third-order valence-electron chi connectivity index (χ3n) is 5.10. The van der Waals surface area contributed by atoms with Crippen molar-refractivity contribution in [2.75, 3.05) is 23.2 Å². The van der Waals surface area contributed by atoms with Crippen molar-refractivity contribution in [1.82, 2.24) is 5.32 Å². The highest BCUT2D eigenvalue weighted by atomic mass is 32.2. The number of hydrogen-bond donors (Lipinski definition) is 1. The van der Waals surface area contributed by atoms with Gasteiger partial charge in [-0.1, -0.05) is 12.1 Å². The maximum Gasteiger partial charge on any atom is 0.251 e. The molecule has 0 aromatic heterocycles.